The van der Waals surface area contributed by atoms with E-state index in [2.05, 4.69) is 35.9 Å². The quantitative estimate of drug-likeness (QED) is 0.721. The average molecular weight is 290 g/mol. The number of hydrogen-bond acceptors (Lipinski definition) is 4. The van der Waals surface area contributed by atoms with Crippen molar-refractivity contribution < 1.29 is 0 Å². The molecule has 0 aliphatic carbocycles. The van der Waals surface area contributed by atoms with Crippen LogP contribution in [0.4, 0.5) is 5.95 Å². The van der Waals surface area contributed by atoms with Gasteiger partial charge in [0.2, 0.25) is 5.95 Å². The van der Waals surface area contributed by atoms with Gasteiger partial charge in [-0.05, 0) is 28.1 Å². The molecule has 0 aromatic carbocycles. The smallest absolute Gasteiger partial charge is 0.220 e. The Morgan fingerprint density at radius 3 is 3.06 bits per heavy atom. The lowest BCUT2D eigenvalue weighted by Crippen LogP contribution is -1.96. The monoisotopic (exact) mass is 289 g/mol. The van der Waals surface area contributed by atoms with Gasteiger partial charge < -0.3 is 10.7 Å². The highest BCUT2D eigenvalue weighted by molar-refractivity contribution is 9.10. The Kier molecular flexibility index (Phi) is 2.29. The number of rotatable bonds is 1. The molecule has 0 aliphatic heterocycles. The van der Waals surface area contributed by atoms with Crippen LogP contribution < -0.4 is 5.73 Å². The molecular weight excluding hydrogens is 282 g/mol. The lowest BCUT2D eigenvalue weighted by atomic mass is 10.1. The summed E-state index contributed by atoms with van der Waals surface area (Å²) in [6, 6.07) is 3.87. The minimum absolute atomic E-state index is 0.251. The summed E-state index contributed by atoms with van der Waals surface area (Å²) in [5.41, 5.74) is 8.15. The maximum Gasteiger partial charge on any atom is 0.220 e. The number of aromatic amines is 1. The molecule has 0 saturated carbocycles. The van der Waals surface area contributed by atoms with E-state index in [1.54, 1.807) is 12.4 Å². The largest absolute Gasteiger partial charge is 0.368 e. The summed E-state index contributed by atoms with van der Waals surface area (Å²) >= 11 is 3.42. The maximum atomic E-state index is 5.61. The molecule has 0 aliphatic rings. The van der Waals surface area contributed by atoms with Crippen molar-refractivity contribution in [2.24, 2.45) is 0 Å². The molecule has 0 bridgehead atoms. The summed E-state index contributed by atoms with van der Waals surface area (Å²) < 4.78 is 0.802. The van der Waals surface area contributed by atoms with Gasteiger partial charge in [-0.2, -0.15) is 0 Å². The van der Waals surface area contributed by atoms with E-state index >= 15 is 0 Å². The number of hydrogen-bond donors (Lipinski definition) is 2. The van der Waals surface area contributed by atoms with Gasteiger partial charge in [-0.3, -0.25) is 0 Å². The van der Waals surface area contributed by atoms with Crippen LogP contribution in [0.25, 0.3) is 22.3 Å². The van der Waals surface area contributed by atoms with Crippen LogP contribution in [0.2, 0.25) is 0 Å². The third-order valence-electron chi connectivity index (χ3n) is 2.47. The van der Waals surface area contributed by atoms with Gasteiger partial charge >= 0.3 is 0 Å². The molecule has 17 heavy (non-hydrogen) atoms. The third kappa shape index (κ3) is 1.66. The number of nitrogens with zero attached hydrogens (tertiary/aromatic N) is 3. The second-order valence-corrected chi connectivity index (χ2v) is 4.38. The van der Waals surface area contributed by atoms with E-state index in [4.69, 9.17) is 5.73 Å². The van der Waals surface area contributed by atoms with Crippen LogP contribution >= 0.6 is 15.9 Å². The second kappa shape index (κ2) is 3.81. The standard InChI is InChI=1S/C11H8BrN5/c12-8-5-16-11(13)17-9(8)7-4-15-10-6(7)2-1-3-14-10/h1-5H,(H,14,15)(H2,13,16,17). The molecule has 0 saturated heterocycles. The summed E-state index contributed by atoms with van der Waals surface area (Å²) in [6.45, 7) is 0. The Bertz CT molecular complexity index is 691. The molecule has 3 heterocycles. The summed E-state index contributed by atoms with van der Waals surface area (Å²) in [5, 5.41) is 1.01. The van der Waals surface area contributed by atoms with E-state index in [9.17, 15) is 0 Å². The fraction of sp³-hybridized carbons (Fsp3) is 0. The molecule has 3 N–H and O–H groups in total. The Balaban J connectivity index is 2.31. The van der Waals surface area contributed by atoms with Crippen molar-refractivity contribution in [2.45, 2.75) is 0 Å². The van der Waals surface area contributed by atoms with Crippen LogP contribution in [0.3, 0.4) is 0 Å². The molecule has 0 fully saturated rings. The molecule has 3 aromatic heterocycles. The molecule has 0 atom stereocenters. The van der Waals surface area contributed by atoms with Gasteiger partial charge in [0.25, 0.3) is 0 Å². The maximum absolute atomic E-state index is 5.61. The van der Waals surface area contributed by atoms with Crippen molar-refractivity contribution >= 4 is 32.9 Å². The zero-order valence-electron chi connectivity index (χ0n) is 8.68. The number of nitrogen functional groups attached to an aromatic ring is 1. The van der Waals surface area contributed by atoms with Crippen molar-refractivity contribution in [3.63, 3.8) is 0 Å². The number of fused-ring (bicyclic) bond motifs is 1. The highest BCUT2D eigenvalue weighted by atomic mass is 79.9. The molecule has 0 radical (unpaired) electrons. The molecule has 0 amide bonds. The Morgan fingerprint density at radius 2 is 2.18 bits per heavy atom. The molecule has 0 spiro atoms. The predicted octanol–water partition coefficient (Wildman–Crippen LogP) is 2.36. The normalized spacial score (nSPS) is 10.9. The van der Waals surface area contributed by atoms with Crippen molar-refractivity contribution in [1.82, 2.24) is 19.9 Å². The van der Waals surface area contributed by atoms with Gasteiger partial charge in [0.05, 0.1) is 10.2 Å². The van der Waals surface area contributed by atoms with Crippen molar-refractivity contribution in [1.29, 1.82) is 0 Å². The first-order valence-corrected chi connectivity index (χ1v) is 5.75. The predicted molar refractivity (Wildman–Crippen MR) is 69.2 cm³/mol. The van der Waals surface area contributed by atoms with E-state index in [-0.39, 0.29) is 5.95 Å². The Morgan fingerprint density at radius 1 is 1.29 bits per heavy atom. The topological polar surface area (TPSA) is 80.5 Å². The van der Waals surface area contributed by atoms with Gasteiger partial charge in [-0.15, -0.1) is 0 Å². The van der Waals surface area contributed by atoms with Gasteiger partial charge in [-0.25, -0.2) is 15.0 Å². The van der Waals surface area contributed by atoms with Gasteiger partial charge in [0, 0.05) is 29.5 Å². The van der Waals surface area contributed by atoms with Crippen LogP contribution in [0.5, 0.6) is 0 Å². The number of H-pyrrole nitrogens is 1. The number of nitrogens with one attached hydrogen (secondary N) is 1. The van der Waals surface area contributed by atoms with E-state index < -0.39 is 0 Å². The van der Waals surface area contributed by atoms with E-state index in [1.165, 1.54) is 0 Å². The van der Waals surface area contributed by atoms with Crippen molar-refractivity contribution in [2.75, 3.05) is 5.73 Å². The lowest BCUT2D eigenvalue weighted by Gasteiger charge is -2.02. The van der Waals surface area contributed by atoms with Gasteiger partial charge in [-0.1, -0.05) is 0 Å². The Hall–Kier alpha value is -1.95. The SMILES string of the molecule is Nc1ncc(Br)c(-c2c[nH]c3ncccc23)n1. The first-order chi connectivity index (χ1) is 8.25. The zero-order valence-corrected chi connectivity index (χ0v) is 10.3. The van der Waals surface area contributed by atoms with E-state index in [0.717, 1.165) is 26.8 Å². The summed E-state index contributed by atoms with van der Waals surface area (Å²) in [6.07, 6.45) is 5.25. The van der Waals surface area contributed by atoms with Crippen LogP contribution in [0, 0.1) is 0 Å². The molecule has 6 heteroatoms. The van der Waals surface area contributed by atoms with Crippen molar-refractivity contribution in [3.05, 3.63) is 35.2 Å². The molecule has 84 valence electrons. The van der Waals surface area contributed by atoms with E-state index in [1.807, 2.05) is 18.3 Å². The lowest BCUT2D eigenvalue weighted by molar-refractivity contribution is 1.18. The summed E-state index contributed by atoms with van der Waals surface area (Å²) in [4.78, 5) is 15.5. The molecule has 3 rings (SSSR count). The van der Waals surface area contributed by atoms with Crippen LogP contribution in [0.15, 0.2) is 35.2 Å². The molecule has 5 nitrogen and oxygen atoms in total. The summed E-state index contributed by atoms with van der Waals surface area (Å²) in [5.74, 6) is 0.251. The number of halogens is 1. The van der Waals surface area contributed by atoms with Crippen LogP contribution in [0.1, 0.15) is 0 Å². The number of pyridine rings is 1. The number of anilines is 1. The van der Waals surface area contributed by atoms with Crippen LogP contribution in [-0.2, 0) is 0 Å². The fourth-order valence-electron chi connectivity index (χ4n) is 1.72. The highest BCUT2D eigenvalue weighted by Crippen LogP contribution is 2.31. The minimum Gasteiger partial charge on any atom is -0.368 e. The minimum atomic E-state index is 0.251. The molecule has 3 aromatic rings. The highest BCUT2D eigenvalue weighted by Gasteiger charge is 2.11. The second-order valence-electron chi connectivity index (χ2n) is 3.53. The van der Waals surface area contributed by atoms with E-state index in [0.29, 0.717) is 0 Å². The molecule has 0 unspecified atom stereocenters. The Labute approximate surface area is 105 Å². The zero-order chi connectivity index (χ0) is 11.8. The average Bonchev–Trinajstić information content (AvgIpc) is 2.76. The number of nitrogens with two attached hydrogens (primary N) is 1. The third-order valence-corrected chi connectivity index (χ3v) is 3.05. The van der Waals surface area contributed by atoms with Crippen LogP contribution in [-0.4, -0.2) is 19.9 Å². The fourth-order valence-corrected chi connectivity index (χ4v) is 2.13. The number of aromatic nitrogens is 4. The van der Waals surface area contributed by atoms with Crippen molar-refractivity contribution in [3.8, 4) is 11.3 Å². The first kappa shape index (κ1) is 10.2. The summed E-state index contributed by atoms with van der Waals surface area (Å²) in [7, 11) is 0. The van der Waals surface area contributed by atoms with Gasteiger partial charge in [0.1, 0.15) is 5.65 Å². The molecular formula is C11H8BrN5. The first-order valence-electron chi connectivity index (χ1n) is 4.96. The van der Waals surface area contributed by atoms with Gasteiger partial charge in [0.15, 0.2) is 0 Å².